The molecule has 0 spiro atoms. The number of carbonyl (C=O) groups is 2. The van der Waals surface area contributed by atoms with Gasteiger partial charge >= 0.3 is 11.9 Å². The van der Waals surface area contributed by atoms with Crippen molar-refractivity contribution < 1.29 is 19.8 Å². The third-order valence-electron chi connectivity index (χ3n) is 2.37. The summed E-state index contributed by atoms with van der Waals surface area (Å²) in [5.41, 5.74) is 10.4. The van der Waals surface area contributed by atoms with Gasteiger partial charge in [-0.15, -0.1) is 0 Å². The van der Waals surface area contributed by atoms with Crippen molar-refractivity contribution in [3.63, 3.8) is 0 Å². The normalized spacial score (nSPS) is 11.0. The summed E-state index contributed by atoms with van der Waals surface area (Å²) in [6, 6.07) is 4.55. The van der Waals surface area contributed by atoms with E-state index < -0.39 is 18.0 Å². The van der Waals surface area contributed by atoms with E-state index in [0.29, 0.717) is 18.8 Å². The Kier molecular flexibility index (Phi) is 10.4. The lowest BCUT2D eigenvalue weighted by atomic mass is 10.1. The van der Waals surface area contributed by atoms with Crippen LogP contribution in [0.2, 0.25) is 0 Å². The third-order valence-corrected chi connectivity index (χ3v) is 2.37. The van der Waals surface area contributed by atoms with Gasteiger partial charge in [-0.05, 0) is 31.5 Å². The Morgan fingerprint density at radius 3 is 2.48 bits per heavy atom. The molecule has 0 saturated carbocycles. The number of pyridine rings is 1. The van der Waals surface area contributed by atoms with E-state index in [9.17, 15) is 9.59 Å². The second-order valence-electron chi connectivity index (χ2n) is 4.19. The summed E-state index contributed by atoms with van der Waals surface area (Å²) in [4.78, 5) is 24.1. The van der Waals surface area contributed by atoms with Crippen LogP contribution in [-0.4, -0.2) is 46.3 Å². The molecule has 0 aliphatic heterocycles. The van der Waals surface area contributed by atoms with E-state index in [1.807, 2.05) is 0 Å². The summed E-state index contributed by atoms with van der Waals surface area (Å²) in [7, 11) is 0. The van der Waals surface area contributed by atoms with Gasteiger partial charge in [0.1, 0.15) is 18.4 Å². The summed E-state index contributed by atoms with van der Waals surface area (Å²) in [5.74, 6) is -1.25. The number of hydrogen-bond donors (Lipinski definition) is 5. The number of nitrogens with one attached hydrogen (secondary N) is 1. The largest absolute Gasteiger partial charge is 0.480 e. The van der Waals surface area contributed by atoms with Crippen LogP contribution < -0.4 is 16.8 Å². The number of carboxylic acid groups (broad SMARTS) is 2. The van der Waals surface area contributed by atoms with Gasteiger partial charge in [0, 0.05) is 6.20 Å². The minimum Gasteiger partial charge on any atom is -0.480 e. The van der Waals surface area contributed by atoms with E-state index in [-0.39, 0.29) is 6.54 Å². The average Bonchev–Trinajstić information content (AvgIpc) is 2.47. The van der Waals surface area contributed by atoms with Crippen molar-refractivity contribution >= 4 is 17.8 Å². The smallest absolute Gasteiger partial charge is 0.322 e. The molecule has 0 fully saturated rings. The molecule has 1 rings (SSSR count). The Balaban J connectivity index is 0.000000384. The van der Waals surface area contributed by atoms with Gasteiger partial charge in [-0.25, -0.2) is 4.98 Å². The highest BCUT2D eigenvalue weighted by molar-refractivity contribution is 5.73. The molecule has 1 aromatic heterocycles. The van der Waals surface area contributed by atoms with Gasteiger partial charge in [-0.2, -0.15) is 0 Å². The van der Waals surface area contributed by atoms with Crippen molar-refractivity contribution in [1.82, 2.24) is 4.98 Å². The monoisotopic (exact) mass is 298 g/mol. The molecule has 1 aromatic rings. The highest BCUT2D eigenvalue weighted by Gasteiger charge is 2.09. The van der Waals surface area contributed by atoms with Gasteiger partial charge in [0.05, 0.1) is 0 Å². The minimum atomic E-state index is -0.933. The van der Waals surface area contributed by atoms with Crippen molar-refractivity contribution in [2.24, 2.45) is 11.5 Å². The molecule has 1 atom stereocenters. The van der Waals surface area contributed by atoms with Crippen LogP contribution in [0.1, 0.15) is 19.3 Å². The molecule has 0 aliphatic rings. The standard InChI is InChI=1S/C7H8N2O2.C6H14N2O2/c10-7(11)5-9-6-3-1-2-4-8-6;7-4-2-1-3-5(8)6(9)10/h1-4H,5H2,(H,8,9)(H,10,11);5H,1-4,7-8H2,(H,9,10)/t;5-/m.0/s1. The van der Waals surface area contributed by atoms with Crippen LogP contribution in [0.5, 0.6) is 0 Å². The number of nitrogens with zero attached hydrogens (tertiary/aromatic N) is 1. The first-order valence-corrected chi connectivity index (χ1v) is 6.52. The van der Waals surface area contributed by atoms with Gasteiger partial charge in [-0.3, -0.25) is 9.59 Å². The molecular formula is C13H22N4O4. The number of hydrogen-bond acceptors (Lipinski definition) is 6. The predicted molar refractivity (Wildman–Crippen MR) is 78.9 cm³/mol. The zero-order chi connectivity index (χ0) is 16.1. The molecule has 0 amide bonds. The van der Waals surface area contributed by atoms with Crippen molar-refractivity contribution in [3.8, 4) is 0 Å². The first kappa shape index (κ1) is 18.8. The Hall–Kier alpha value is -2.19. The van der Waals surface area contributed by atoms with E-state index in [1.54, 1.807) is 24.4 Å². The van der Waals surface area contributed by atoms with Crippen LogP contribution in [0, 0.1) is 0 Å². The molecule has 0 aliphatic carbocycles. The fourth-order valence-electron chi connectivity index (χ4n) is 1.27. The summed E-state index contributed by atoms with van der Waals surface area (Å²) < 4.78 is 0. The predicted octanol–water partition coefficient (Wildman–Crippen LogP) is 0.105. The zero-order valence-corrected chi connectivity index (χ0v) is 11.7. The Morgan fingerprint density at radius 1 is 1.29 bits per heavy atom. The van der Waals surface area contributed by atoms with E-state index in [2.05, 4.69) is 10.3 Å². The summed E-state index contributed by atoms with van der Waals surface area (Å²) in [6.45, 7) is 0.503. The lowest BCUT2D eigenvalue weighted by molar-refractivity contribution is -0.138. The second kappa shape index (κ2) is 11.6. The van der Waals surface area contributed by atoms with Crippen LogP contribution in [0.4, 0.5) is 5.82 Å². The molecule has 0 unspecified atom stereocenters. The van der Waals surface area contributed by atoms with Crippen LogP contribution in [0.3, 0.4) is 0 Å². The molecule has 8 nitrogen and oxygen atoms in total. The molecule has 1 heterocycles. The van der Waals surface area contributed by atoms with Gasteiger partial charge in [0.25, 0.3) is 0 Å². The molecule has 21 heavy (non-hydrogen) atoms. The molecule has 118 valence electrons. The number of rotatable bonds is 8. The van der Waals surface area contributed by atoms with Crippen LogP contribution in [0.15, 0.2) is 24.4 Å². The number of nitrogens with two attached hydrogens (primary N) is 2. The van der Waals surface area contributed by atoms with Gasteiger partial charge < -0.3 is 27.0 Å². The van der Waals surface area contributed by atoms with E-state index in [0.717, 1.165) is 12.8 Å². The van der Waals surface area contributed by atoms with Crippen molar-refractivity contribution in [3.05, 3.63) is 24.4 Å². The highest BCUT2D eigenvalue weighted by atomic mass is 16.4. The van der Waals surface area contributed by atoms with Crippen LogP contribution in [-0.2, 0) is 9.59 Å². The van der Waals surface area contributed by atoms with Crippen LogP contribution in [0.25, 0.3) is 0 Å². The molecule has 0 aromatic carbocycles. The summed E-state index contributed by atoms with van der Waals surface area (Å²) >= 11 is 0. The van der Waals surface area contributed by atoms with Crippen LogP contribution >= 0.6 is 0 Å². The van der Waals surface area contributed by atoms with E-state index >= 15 is 0 Å². The number of aromatic nitrogens is 1. The van der Waals surface area contributed by atoms with Crippen molar-refractivity contribution in [2.45, 2.75) is 25.3 Å². The maximum atomic E-state index is 10.1. The van der Waals surface area contributed by atoms with Gasteiger partial charge in [-0.1, -0.05) is 12.5 Å². The quantitative estimate of drug-likeness (QED) is 0.424. The lowest BCUT2D eigenvalue weighted by Gasteiger charge is -2.03. The van der Waals surface area contributed by atoms with Gasteiger partial charge in [0.15, 0.2) is 0 Å². The molecule has 8 heteroatoms. The summed E-state index contributed by atoms with van der Waals surface area (Å²) in [5, 5.41) is 19.2. The molecular weight excluding hydrogens is 276 g/mol. The lowest BCUT2D eigenvalue weighted by Crippen LogP contribution is -2.29. The Bertz CT molecular complexity index is 414. The maximum absolute atomic E-state index is 10.1. The third kappa shape index (κ3) is 11.3. The van der Waals surface area contributed by atoms with Gasteiger partial charge in [0.2, 0.25) is 0 Å². The number of carboxylic acids is 2. The number of unbranched alkanes of at least 4 members (excludes halogenated alkanes) is 1. The van der Waals surface area contributed by atoms with E-state index in [1.165, 1.54) is 0 Å². The zero-order valence-electron chi connectivity index (χ0n) is 11.7. The highest BCUT2D eigenvalue weighted by Crippen LogP contribution is 1.98. The second-order valence-corrected chi connectivity index (χ2v) is 4.19. The van der Waals surface area contributed by atoms with E-state index in [4.69, 9.17) is 21.7 Å². The fourth-order valence-corrected chi connectivity index (χ4v) is 1.27. The molecule has 0 bridgehead atoms. The SMILES string of the molecule is NCCCC[C@H](N)C(=O)O.O=C(O)CNc1ccccn1. The number of aliphatic carboxylic acids is 2. The number of anilines is 1. The van der Waals surface area contributed by atoms with Crippen molar-refractivity contribution in [1.29, 1.82) is 0 Å². The Morgan fingerprint density at radius 2 is 2.00 bits per heavy atom. The minimum absolute atomic E-state index is 0.100. The first-order chi connectivity index (χ1) is 9.97. The van der Waals surface area contributed by atoms with Crippen molar-refractivity contribution in [2.75, 3.05) is 18.4 Å². The first-order valence-electron chi connectivity index (χ1n) is 6.52. The average molecular weight is 298 g/mol. The Labute approximate surface area is 123 Å². The fraction of sp³-hybridized carbons (Fsp3) is 0.462. The molecule has 0 radical (unpaired) electrons. The maximum Gasteiger partial charge on any atom is 0.322 e. The molecule has 7 N–H and O–H groups in total. The summed E-state index contributed by atoms with van der Waals surface area (Å²) in [6.07, 6.45) is 3.77. The molecule has 0 saturated heterocycles. The topological polar surface area (TPSA) is 152 Å².